The molecule has 0 spiro atoms. The van der Waals surface area contributed by atoms with Crippen LogP contribution in [0.25, 0.3) is 0 Å². The first-order chi connectivity index (χ1) is 6.60. The van der Waals surface area contributed by atoms with Gasteiger partial charge in [0.05, 0.1) is 7.11 Å². The lowest BCUT2D eigenvalue weighted by Crippen LogP contribution is -2.38. The summed E-state index contributed by atoms with van der Waals surface area (Å²) < 4.78 is 5.02. The lowest BCUT2D eigenvalue weighted by molar-refractivity contribution is 0.0572. The number of ether oxygens (including phenoxy) is 1. The minimum Gasteiger partial charge on any atom is -0.497 e. The lowest BCUT2D eigenvalue weighted by atomic mass is 9.96. The van der Waals surface area contributed by atoms with Gasteiger partial charge in [0.2, 0.25) is 0 Å². The Hall–Kier alpha value is -1.10. The number of benzene rings is 1. The summed E-state index contributed by atoms with van der Waals surface area (Å²) in [6, 6.07) is 7.24. The highest BCUT2D eigenvalue weighted by molar-refractivity contribution is 5.30. The van der Waals surface area contributed by atoms with Crippen molar-refractivity contribution in [2.75, 3.05) is 13.7 Å². The van der Waals surface area contributed by atoms with E-state index in [4.69, 9.17) is 10.6 Å². The number of hydrogen-bond acceptors (Lipinski definition) is 4. The monoisotopic (exact) mass is 196 g/mol. The summed E-state index contributed by atoms with van der Waals surface area (Å²) in [5, 5.41) is 9.97. The topological polar surface area (TPSA) is 67.5 Å². The zero-order valence-corrected chi connectivity index (χ0v) is 8.45. The van der Waals surface area contributed by atoms with Crippen LogP contribution in [0.15, 0.2) is 24.3 Å². The molecule has 1 rings (SSSR count). The van der Waals surface area contributed by atoms with Crippen molar-refractivity contribution in [2.45, 2.75) is 12.5 Å². The van der Waals surface area contributed by atoms with E-state index in [2.05, 4.69) is 5.43 Å². The summed E-state index contributed by atoms with van der Waals surface area (Å²) in [6.07, 6.45) is 0. The van der Waals surface area contributed by atoms with Crippen LogP contribution in [-0.2, 0) is 5.60 Å². The van der Waals surface area contributed by atoms with E-state index in [0.29, 0.717) is 6.54 Å². The highest BCUT2D eigenvalue weighted by atomic mass is 16.5. The van der Waals surface area contributed by atoms with Crippen molar-refractivity contribution < 1.29 is 9.84 Å². The van der Waals surface area contributed by atoms with E-state index in [9.17, 15) is 5.11 Å². The van der Waals surface area contributed by atoms with Gasteiger partial charge >= 0.3 is 0 Å². The smallest absolute Gasteiger partial charge is 0.118 e. The van der Waals surface area contributed by atoms with Crippen LogP contribution < -0.4 is 16.0 Å². The maximum Gasteiger partial charge on any atom is 0.118 e. The number of hydrazine groups is 1. The molecule has 1 aromatic rings. The molecule has 0 aromatic heterocycles. The molecule has 1 atom stereocenters. The highest BCUT2D eigenvalue weighted by Gasteiger charge is 2.21. The Kier molecular flexibility index (Phi) is 3.46. The highest BCUT2D eigenvalue weighted by Crippen LogP contribution is 2.21. The van der Waals surface area contributed by atoms with Gasteiger partial charge in [0.15, 0.2) is 0 Å². The Morgan fingerprint density at radius 1 is 1.43 bits per heavy atom. The second kappa shape index (κ2) is 4.41. The molecule has 4 nitrogen and oxygen atoms in total. The number of nitrogens with one attached hydrogen (secondary N) is 1. The third kappa shape index (κ3) is 2.45. The van der Waals surface area contributed by atoms with Gasteiger partial charge in [-0.1, -0.05) is 12.1 Å². The maximum absolute atomic E-state index is 9.97. The van der Waals surface area contributed by atoms with Gasteiger partial charge in [-0.25, -0.2) is 0 Å². The van der Waals surface area contributed by atoms with Crippen LogP contribution >= 0.6 is 0 Å². The third-order valence-corrected chi connectivity index (χ3v) is 2.16. The molecule has 0 radical (unpaired) electrons. The fourth-order valence-corrected chi connectivity index (χ4v) is 1.25. The quantitative estimate of drug-likeness (QED) is 0.480. The van der Waals surface area contributed by atoms with Crippen molar-refractivity contribution in [3.8, 4) is 5.75 Å². The van der Waals surface area contributed by atoms with E-state index >= 15 is 0 Å². The van der Waals surface area contributed by atoms with E-state index < -0.39 is 5.60 Å². The molecule has 1 aromatic carbocycles. The number of nitrogens with two attached hydrogens (primary N) is 1. The van der Waals surface area contributed by atoms with E-state index in [1.807, 2.05) is 12.1 Å². The Labute approximate surface area is 83.7 Å². The van der Waals surface area contributed by atoms with Gasteiger partial charge < -0.3 is 9.84 Å². The van der Waals surface area contributed by atoms with E-state index in [1.54, 1.807) is 26.2 Å². The van der Waals surface area contributed by atoms with Gasteiger partial charge in [-0.2, -0.15) is 0 Å². The number of rotatable bonds is 4. The lowest BCUT2D eigenvalue weighted by Gasteiger charge is -2.23. The Balaban J connectivity index is 2.85. The molecule has 0 fully saturated rings. The van der Waals surface area contributed by atoms with Gasteiger partial charge in [-0.3, -0.25) is 11.3 Å². The average Bonchev–Trinajstić information content (AvgIpc) is 2.18. The Morgan fingerprint density at radius 2 is 2.00 bits per heavy atom. The first kappa shape index (κ1) is 11.0. The molecule has 0 saturated carbocycles. The summed E-state index contributed by atoms with van der Waals surface area (Å²) in [6.45, 7) is 2.01. The zero-order valence-electron chi connectivity index (χ0n) is 8.45. The van der Waals surface area contributed by atoms with Crippen molar-refractivity contribution in [1.82, 2.24) is 5.43 Å². The molecular weight excluding hydrogens is 180 g/mol. The van der Waals surface area contributed by atoms with Crippen molar-refractivity contribution in [1.29, 1.82) is 0 Å². The normalized spacial score (nSPS) is 14.9. The summed E-state index contributed by atoms with van der Waals surface area (Å²) in [4.78, 5) is 0. The third-order valence-electron chi connectivity index (χ3n) is 2.16. The fraction of sp³-hybridized carbons (Fsp3) is 0.400. The van der Waals surface area contributed by atoms with Crippen LogP contribution in [0.3, 0.4) is 0 Å². The van der Waals surface area contributed by atoms with Crippen LogP contribution in [-0.4, -0.2) is 18.8 Å². The van der Waals surface area contributed by atoms with Crippen LogP contribution in [0.5, 0.6) is 5.75 Å². The van der Waals surface area contributed by atoms with Crippen LogP contribution in [0, 0.1) is 0 Å². The predicted molar refractivity (Wildman–Crippen MR) is 54.8 cm³/mol. The largest absolute Gasteiger partial charge is 0.497 e. The molecule has 0 aliphatic heterocycles. The number of aliphatic hydroxyl groups is 1. The van der Waals surface area contributed by atoms with Gasteiger partial charge in [0.1, 0.15) is 11.4 Å². The molecule has 0 aliphatic carbocycles. The molecule has 0 aliphatic rings. The molecule has 0 saturated heterocycles. The first-order valence-electron chi connectivity index (χ1n) is 4.40. The summed E-state index contributed by atoms with van der Waals surface area (Å²) in [5.41, 5.74) is 2.30. The molecule has 78 valence electrons. The molecule has 4 heteroatoms. The van der Waals surface area contributed by atoms with Crippen LogP contribution in [0.4, 0.5) is 0 Å². The van der Waals surface area contributed by atoms with E-state index in [1.165, 1.54) is 0 Å². The summed E-state index contributed by atoms with van der Waals surface area (Å²) in [7, 11) is 1.61. The molecule has 0 amide bonds. The van der Waals surface area contributed by atoms with Gasteiger partial charge in [-0.05, 0) is 24.6 Å². The van der Waals surface area contributed by atoms with Crippen molar-refractivity contribution >= 4 is 0 Å². The standard InChI is InChI=1S/C10H16N2O2/c1-10(13,7-12-11)8-3-5-9(14-2)6-4-8/h3-6,12-13H,7,11H2,1-2H3. The SMILES string of the molecule is COc1ccc(C(C)(O)CNN)cc1. The maximum atomic E-state index is 9.97. The summed E-state index contributed by atoms with van der Waals surface area (Å²) in [5.74, 6) is 5.94. The Morgan fingerprint density at radius 3 is 2.43 bits per heavy atom. The van der Waals surface area contributed by atoms with E-state index in [0.717, 1.165) is 11.3 Å². The Bertz CT molecular complexity index is 283. The van der Waals surface area contributed by atoms with Crippen LogP contribution in [0.2, 0.25) is 0 Å². The first-order valence-corrected chi connectivity index (χ1v) is 4.40. The molecule has 0 heterocycles. The molecule has 0 bridgehead atoms. The minimum absolute atomic E-state index is 0.305. The fourth-order valence-electron chi connectivity index (χ4n) is 1.25. The second-order valence-electron chi connectivity index (χ2n) is 3.38. The molecular formula is C10H16N2O2. The van der Waals surface area contributed by atoms with Gasteiger partial charge in [0, 0.05) is 6.54 Å². The van der Waals surface area contributed by atoms with Crippen molar-refractivity contribution in [2.24, 2.45) is 5.84 Å². The van der Waals surface area contributed by atoms with Gasteiger partial charge in [-0.15, -0.1) is 0 Å². The van der Waals surface area contributed by atoms with Crippen molar-refractivity contribution in [3.05, 3.63) is 29.8 Å². The minimum atomic E-state index is -0.957. The summed E-state index contributed by atoms with van der Waals surface area (Å²) >= 11 is 0. The number of methoxy groups -OCH3 is 1. The van der Waals surface area contributed by atoms with Crippen molar-refractivity contribution in [3.63, 3.8) is 0 Å². The second-order valence-corrected chi connectivity index (χ2v) is 3.38. The van der Waals surface area contributed by atoms with Gasteiger partial charge in [0.25, 0.3) is 0 Å². The molecule has 4 N–H and O–H groups in total. The van der Waals surface area contributed by atoms with Crippen LogP contribution in [0.1, 0.15) is 12.5 Å². The zero-order chi connectivity index (χ0) is 10.6. The predicted octanol–water partition coefficient (Wildman–Crippen LogP) is 0.366. The molecule has 1 unspecified atom stereocenters. The number of hydrogen-bond donors (Lipinski definition) is 3. The van der Waals surface area contributed by atoms with E-state index in [-0.39, 0.29) is 0 Å². The average molecular weight is 196 g/mol. The molecule has 14 heavy (non-hydrogen) atoms.